The van der Waals surface area contributed by atoms with Gasteiger partial charge in [-0.05, 0) is 42.8 Å². The van der Waals surface area contributed by atoms with Crippen LogP contribution in [-0.4, -0.2) is 70.1 Å². The second-order valence-corrected chi connectivity index (χ2v) is 8.26. The van der Waals surface area contributed by atoms with Gasteiger partial charge in [-0.2, -0.15) is 4.98 Å². The Morgan fingerprint density at radius 1 is 0.976 bits per heavy atom. The second kappa shape index (κ2) is 13.7. The highest BCUT2D eigenvalue weighted by molar-refractivity contribution is 5.97. The number of anilines is 2. The molecule has 0 spiro atoms. The first kappa shape index (κ1) is 29.6. The molecule has 4 aromatic rings. The Labute approximate surface area is 230 Å². The second-order valence-electron chi connectivity index (χ2n) is 8.26. The third kappa shape index (κ3) is 8.81. The van der Waals surface area contributed by atoms with E-state index < -0.39 is 35.4 Å². The van der Waals surface area contributed by atoms with Crippen molar-refractivity contribution in [1.29, 1.82) is 0 Å². The number of pyridine rings is 1. The summed E-state index contributed by atoms with van der Waals surface area (Å²) in [4.78, 5) is 74.3. The number of aromatic nitrogens is 5. The van der Waals surface area contributed by atoms with E-state index in [9.17, 15) is 24.0 Å². The van der Waals surface area contributed by atoms with Crippen LogP contribution in [0.5, 0.6) is 0 Å². The molecule has 0 aliphatic heterocycles. The lowest BCUT2D eigenvalue weighted by atomic mass is 10.1. The van der Waals surface area contributed by atoms with Gasteiger partial charge in [-0.1, -0.05) is 0 Å². The summed E-state index contributed by atoms with van der Waals surface area (Å²) in [5, 5.41) is 31.5. The lowest BCUT2D eigenvalue weighted by molar-refractivity contribution is -0.140. The highest BCUT2D eigenvalue weighted by Gasteiger charge is 2.21. The van der Waals surface area contributed by atoms with Gasteiger partial charge in [-0.3, -0.25) is 19.4 Å². The number of hydrogen-bond acceptors (Lipinski definition) is 11. The van der Waals surface area contributed by atoms with Crippen molar-refractivity contribution in [1.82, 2.24) is 30.2 Å². The third-order valence-electron chi connectivity index (χ3n) is 5.27. The summed E-state index contributed by atoms with van der Waals surface area (Å²) >= 11 is 0. The van der Waals surface area contributed by atoms with E-state index in [1.807, 2.05) is 0 Å². The Morgan fingerprint density at radius 2 is 1.71 bits per heavy atom. The Kier molecular flexibility index (Phi) is 9.93. The van der Waals surface area contributed by atoms with Crippen molar-refractivity contribution in [3.8, 4) is 0 Å². The minimum Gasteiger partial charge on any atom is -0.481 e. The average molecular weight is 565 g/mol. The molecule has 1 amide bonds. The molecule has 0 saturated carbocycles. The van der Waals surface area contributed by atoms with Gasteiger partial charge >= 0.3 is 23.5 Å². The van der Waals surface area contributed by atoms with E-state index in [2.05, 4.69) is 35.6 Å². The number of carboxylic acid groups (broad SMARTS) is 3. The number of benzene rings is 1. The lowest BCUT2D eigenvalue weighted by Gasteiger charge is -2.14. The molecule has 3 heterocycles. The summed E-state index contributed by atoms with van der Waals surface area (Å²) in [6, 6.07) is 7.94. The molecular weight excluding hydrogens is 540 g/mol. The van der Waals surface area contributed by atoms with Crippen LogP contribution in [0, 0.1) is 0 Å². The Hall–Kier alpha value is -5.93. The lowest BCUT2D eigenvalue weighted by Crippen LogP contribution is -2.41. The Morgan fingerprint density at radius 3 is 2.29 bits per heavy atom. The number of carboxylic acids is 3. The Bertz CT molecular complexity index is 1610. The zero-order chi connectivity index (χ0) is 29.9. The fourth-order valence-corrected chi connectivity index (χ4v) is 3.25. The Balaban J connectivity index is 0.000000436. The number of H-pyrrole nitrogens is 1. The first-order valence-electron chi connectivity index (χ1n) is 11.8. The molecule has 0 fully saturated rings. The van der Waals surface area contributed by atoms with E-state index in [-0.39, 0.29) is 47.6 Å². The number of carbonyl (C=O) groups excluding carboxylic acids is 1. The number of nitrogen functional groups attached to an aromatic ring is 1. The number of nitrogens with two attached hydrogens (primary N) is 1. The normalized spacial score (nSPS) is 11.0. The summed E-state index contributed by atoms with van der Waals surface area (Å²) in [6.45, 7) is 0.231. The molecule has 0 unspecified atom stereocenters. The molecule has 0 radical (unpaired) electrons. The summed E-state index contributed by atoms with van der Waals surface area (Å²) in [7, 11) is 0. The van der Waals surface area contributed by atoms with Gasteiger partial charge in [0.2, 0.25) is 5.95 Å². The molecule has 1 aromatic carbocycles. The molecule has 16 nitrogen and oxygen atoms in total. The third-order valence-corrected chi connectivity index (χ3v) is 5.27. The fraction of sp³-hybridized carbons (Fsp3) is 0.160. The van der Waals surface area contributed by atoms with Crippen LogP contribution in [0.4, 0.5) is 11.6 Å². The molecule has 16 heteroatoms. The molecule has 4 rings (SSSR count). The van der Waals surface area contributed by atoms with E-state index in [1.165, 1.54) is 36.8 Å². The van der Waals surface area contributed by atoms with Crippen LogP contribution in [0.1, 0.15) is 39.3 Å². The van der Waals surface area contributed by atoms with E-state index in [0.717, 1.165) is 0 Å². The largest absolute Gasteiger partial charge is 0.481 e. The number of aromatic carboxylic acids is 1. The quantitative estimate of drug-likeness (QED) is 0.140. The molecule has 0 bridgehead atoms. The maximum atomic E-state index is 12.3. The van der Waals surface area contributed by atoms with Crippen molar-refractivity contribution in [2.45, 2.75) is 25.4 Å². The van der Waals surface area contributed by atoms with E-state index >= 15 is 0 Å². The van der Waals surface area contributed by atoms with Gasteiger partial charge in [0.25, 0.3) is 5.91 Å². The number of carbonyl (C=O) groups is 4. The summed E-state index contributed by atoms with van der Waals surface area (Å²) in [5.74, 6) is -4.10. The molecule has 0 aliphatic carbocycles. The molecule has 41 heavy (non-hydrogen) atoms. The van der Waals surface area contributed by atoms with Gasteiger partial charge in [0.05, 0.1) is 24.0 Å². The zero-order valence-electron chi connectivity index (χ0n) is 21.1. The van der Waals surface area contributed by atoms with Gasteiger partial charge in [0, 0.05) is 30.1 Å². The molecule has 212 valence electrons. The highest BCUT2D eigenvalue weighted by Crippen LogP contribution is 2.12. The number of nitrogens with zero attached hydrogens (tertiary/aromatic N) is 4. The van der Waals surface area contributed by atoms with Crippen LogP contribution in [0.15, 0.2) is 59.8 Å². The number of aliphatic carboxylic acids is 2. The van der Waals surface area contributed by atoms with Crippen LogP contribution in [-0.2, 0) is 16.1 Å². The van der Waals surface area contributed by atoms with Crippen LogP contribution in [0.2, 0.25) is 0 Å². The van der Waals surface area contributed by atoms with Gasteiger partial charge < -0.3 is 36.7 Å². The number of hydrogen-bond donors (Lipinski definition) is 7. The first-order chi connectivity index (χ1) is 19.5. The van der Waals surface area contributed by atoms with Gasteiger partial charge in [0.15, 0.2) is 11.2 Å². The molecular formula is C25H24N8O8. The monoisotopic (exact) mass is 564 g/mol. The summed E-state index contributed by atoms with van der Waals surface area (Å²) < 4.78 is 0. The highest BCUT2D eigenvalue weighted by atomic mass is 16.4. The number of amides is 1. The van der Waals surface area contributed by atoms with Gasteiger partial charge in [-0.25, -0.2) is 19.6 Å². The van der Waals surface area contributed by atoms with Crippen molar-refractivity contribution in [2.75, 3.05) is 11.1 Å². The van der Waals surface area contributed by atoms with Crippen LogP contribution in [0.25, 0.3) is 11.2 Å². The number of fused-ring (bicyclic) bond motifs is 1. The minimum absolute atomic E-state index is 0.0524. The maximum absolute atomic E-state index is 12.3. The maximum Gasteiger partial charge on any atom is 0.337 e. The fourth-order valence-electron chi connectivity index (χ4n) is 3.25. The standard InChI is InChI=1S/C19H19N7O6.C6H5NO2/c20-19-25-15-14(17(30)26-19)23-11(8-22-15)7-21-10-3-1-9(2-4-10)16(29)24-12(18(31)32)5-6-13(27)28;8-6(9)5-2-1-3-7-4-5/h1-4,8,12,21H,5-7H2,(H,24,29)(H,27,28)(H,31,32)(H3,20,22,25,26,30);1-4H,(H,8,9)/t12-;/m0./s1. The molecule has 0 saturated heterocycles. The van der Waals surface area contributed by atoms with Gasteiger partial charge in [-0.15, -0.1) is 0 Å². The van der Waals surface area contributed by atoms with Crippen molar-refractivity contribution in [2.24, 2.45) is 0 Å². The van der Waals surface area contributed by atoms with Crippen LogP contribution in [0.3, 0.4) is 0 Å². The van der Waals surface area contributed by atoms with Crippen molar-refractivity contribution in [3.63, 3.8) is 0 Å². The molecule has 3 aromatic heterocycles. The van der Waals surface area contributed by atoms with E-state index in [0.29, 0.717) is 11.4 Å². The predicted octanol–water partition coefficient (Wildman–Crippen LogP) is 0.735. The summed E-state index contributed by atoms with van der Waals surface area (Å²) in [6.07, 6.45) is 3.70. The number of nitrogens with one attached hydrogen (secondary N) is 3. The van der Waals surface area contributed by atoms with Crippen molar-refractivity contribution in [3.05, 3.63) is 82.2 Å². The average Bonchev–Trinajstić information content (AvgIpc) is 2.95. The van der Waals surface area contributed by atoms with Gasteiger partial charge in [0.1, 0.15) is 6.04 Å². The zero-order valence-corrected chi connectivity index (χ0v) is 21.1. The SMILES string of the molecule is Nc1nc(=O)c2nc(CNc3ccc(C(=O)N[C@@H](CCC(=O)O)C(=O)O)cc3)cnc2[nH]1.O=C(O)c1cccnc1. The van der Waals surface area contributed by atoms with E-state index in [4.69, 9.17) is 21.1 Å². The molecule has 1 atom stereocenters. The van der Waals surface area contributed by atoms with E-state index in [1.54, 1.807) is 18.2 Å². The number of rotatable bonds is 10. The topological polar surface area (TPSA) is 263 Å². The smallest absolute Gasteiger partial charge is 0.337 e. The predicted molar refractivity (Wildman–Crippen MR) is 143 cm³/mol. The number of aromatic amines is 1. The molecule has 8 N–H and O–H groups in total. The van der Waals surface area contributed by atoms with Crippen molar-refractivity contribution < 1.29 is 34.5 Å². The minimum atomic E-state index is -1.31. The first-order valence-corrected chi connectivity index (χ1v) is 11.8. The summed E-state index contributed by atoms with van der Waals surface area (Å²) in [5.41, 5.74) is 6.69. The van der Waals surface area contributed by atoms with Crippen LogP contribution < -0.4 is 21.9 Å². The van der Waals surface area contributed by atoms with Crippen LogP contribution >= 0.6 is 0 Å². The molecule has 0 aliphatic rings. The van der Waals surface area contributed by atoms with Crippen molar-refractivity contribution >= 4 is 46.6 Å².